The third kappa shape index (κ3) is 2.86. The molecule has 98 valence electrons. The summed E-state index contributed by atoms with van der Waals surface area (Å²) in [6, 6.07) is 20.6. The Hall–Kier alpha value is -1.64. The second-order valence-corrected chi connectivity index (χ2v) is 5.12. The van der Waals surface area contributed by atoms with E-state index in [1.165, 1.54) is 11.1 Å². The van der Waals surface area contributed by atoms with Crippen molar-refractivity contribution >= 4 is 0 Å². The van der Waals surface area contributed by atoms with Gasteiger partial charge in [-0.25, -0.2) is 0 Å². The summed E-state index contributed by atoms with van der Waals surface area (Å²) in [6.45, 7) is 2.64. The van der Waals surface area contributed by atoms with E-state index in [-0.39, 0.29) is 6.10 Å². The van der Waals surface area contributed by atoms with E-state index in [2.05, 4.69) is 24.3 Å². The number of hydrogen-bond donors (Lipinski definition) is 0. The largest absolute Gasteiger partial charge is 0.347 e. The molecule has 0 aromatic heterocycles. The van der Waals surface area contributed by atoms with E-state index in [0.717, 1.165) is 6.42 Å². The van der Waals surface area contributed by atoms with Crippen molar-refractivity contribution in [3.63, 3.8) is 0 Å². The van der Waals surface area contributed by atoms with Gasteiger partial charge < -0.3 is 9.47 Å². The van der Waals surface area contributed by atoms with E-state index in [4.69, 9.17) is 9.47 Å². The molecule has 1 saturated heterocycles. The van der Waals surface area contributed by atoms with Gasteiger partial charge in [-0.1, -0.05) is 60.7 Å². The molecule has 1 aliphatic heterocycles. The van der Waals surface area contributed by atoms with Gasteiger partial charge in [-0.05, 0) is 18.1 Å². The van der Waals surface area contributed by atoms with Crippen LogP contribution in [0.15, 0.2) is 60.7 Å². The van der Waals surface area contributed by atoms with Crippen molar-refractivity contribution < 1.29 is 9.47 Å². The molecule has 3 rings (SSSR count). The Bertz CT molecular complexity index is 523. The van der Waals surface area contributed by atoms with E-state index in [1.807, 2.05) is 43.3 Å². The highest BCUT2D eigenvalue weighted by molar-refractivity contribution is 5.20. The average molecular weight is 254 g/mol. The number of rotatable bonds is 3. The van der Waals surface area contributed by atoms with Gasteiger partial charge in [0.05, 0.1) is 6.61 Å². The van der Waals surface area contributed by atoms with Gasteiger partial charge in [-0.3, -0.25) is 0 Å². The van der Waals surface area contributed by atoms with Crippen LogP contribution in [0.1, 0.15) is 24.2 Å². The number of ether oxygens (including phenoxy) is 2. The molecule has 0 spiro atoms. The van der Waals surface area contributed by atoms with Gasteiger partial charge in [0.1, 0.15) is 6.10 Å². The first kappa shape index (κ1) is 12.4. The lowest BCUT2D eigenvalue weighted by Crippen LogP contribution is -2.28. The molecule has 1 aliphatic rings. The van der Waals surface area contributed by atoms with Crippen molar-refractivity contribution in [3.05, 3.63) is 71.8 Å². The maximum atomic E-state index is 6.12. The second-order valence-electron chi connectivity index (χ2n) is 5.12. The summed E-state index contributed by atoms with van der Waals surface area (Å²) in [7, 11) is 0. The van der Waals surface area contributed by atoms with E-state index in [0.29, 0.717) is 6.61 Å². The lowest BCUT2D eigenvalue weighted by atomic mass is 10.1. The van der Waals surface area contributed by atoms with Crippen LogP contribution in [-0.4, -0.2) is 12.4 Å². The van der Waals surface area contributed by atoms with Gasteiger partial charge >= 0.3 is 0 Å². The van der Waals surface area contributed by atoms with Crippen LogP contribution in [0.5, 0.6) is 0 Å². The third-order valence-electron chi connectivity index (χ3n) is 3.47. The quantitative estimate of drug-likeness (QED) is 0.830. The summed E-state index contributed by atoms with van der Waals surface area (Å²) in [5.41, 5.74) is 2.41. The fourth-order valence-corrected chi connectivity index (χ4v) is 2.51. The Kier molecular flexibility index (Phi) is 3.36. The summed E-state index contributed by atoms with van der Waals surface area (Å²) >= 11 is 0. The van der Waals surface area contributed by atoms with E-state index in [9.17, 15) is 0 Å². The highest BCUT2D eigenvalue weighted by Gasteiger charge is 2.37. The van der Waals surface area contributed by atoms with Crippen molar-refractivity contribution in [3.8, 4) is 0 Å². The Morgan fingerprint density at radius 1 is 1.00 bits per heavy atom. The molecule has 2 aromatic rings. The summed E-state index contributed by atoms with van der Waals surface area (Å²) in [5.74, 6) is -0.526. The lowest BCUT2D eigenvalue weighted by molar-refractivity contribution is -0.153. The van der Waals surface area contributed by atoms with E-state index >= 15 is 0 Å². The molecule has 0 amide bonds. The van der Waals surface area contributed by atoms with Crippen molar-refractivity contribution in [1.82, 2.24) is 0 Å². The molecule has 2 heteroatoms. The zero-order valence-corrected chi connectivity index (χ0v) is 11.1. The minimum atomic E-state index is -0.526. The topological polar surface area (TPSA) is 18.5 Å². The summed E-state index contributed by atoms with van der Waals surface area (Å²) in [6.07, 6.45) is 0.812. The van der Waals surface area contributed by atoms with E-state index in [1.54, 1.807) is 0 Å². The third-order valence-corrected chi connectivity index (χ3v) is 3.47. The Balaban J connectivity index is 1.71. The molecule has 1 heterocycles. The normalized spacial score (nSPS) is 26.5. The fraction of sp³-hybridized carbons (Fsp3) is 0.294. The van der Waals surface area contributed by atoms with Crippen LogP contribution in [-0.2, 0) is 15.9 Å². The van der Waals surface area contributed by atoms with Gasteiger partial charge in [0.2, 0.25) is 0 Å². The molecule has 2 aromatic carbocycles. The maximum absolute atomic E-state index is 6.12. The number of hydrogen-bond acceptors (Lipinski definition) is 2. The summed E-state index contributed by atoms with van der Waals surface area (Å²) in [5, 5.41) is 0. The van der Waals surface area contributed by atoms with Crippen molar-refractivity contribution in [2.45, 2.75) is 25.2 Å². The average Bonchev–Trinajstić information content (AvgIpc) is 2.83. The van der Waals surface area contributed by atoms with Gasteiger partial charge in [0.15, 0.2) is 5.79 Å². The van der Waals surface area contributed by atoms with Crippen LogP contribution >= 0.6 is 0 Å². The summed E-state index contributed by atoms with van der Waals surface area (Å²) in [4.78, 5) is 0. The first-order valence-electron chi connectivity index (χ1n) is 6.66. The van der Waals surface area contributed by atoms with Gasteiger partial charge in [0, 0.05) is 6.42 Å². The van der Waals surface area contributed by atoms with Crippen LogP contribution in [0.2, 0.25) is 0 Å². The zero-order chi connectivity index (χ0) is 13.1. The van der Waals surface area contributed by atoms with E-state index < -0.39 is 5.79 Å². The SMILES string of the molecule is C[C@]1(Cc2ccccc2)OC[C@@H](c2ccccc2)O1. The fourth-order valence-electron chi connectivity index (χ4n) is 2.51. The minimum absolute atomic E-state index is 0.0370. The van der Waals surface area contributed by atoms with Crippen LogP contribution in [0.25, 0.3) is 0 Å². The van der Waals surface area contributed by atoms with Crippen LogP contribution < -0.4 is 0 Å². The molecular weight excluding hydrogens is 236 g/mol. The maximum Gasteiger partial charge on any atom is 0.170 e. The molecule has 2 atom stereocenters. The van der Waals surface area contributed by atoms with Crippen molar-refractivity contribution in [1.29, 1.82) is 0 Å². The standard InChI is InChI=1S/C17H18O2/c1-17(12-14-8-4-2-5-9-14)18-13-16(19-17)15-10-6-3-7-11-15/h2-11,16H,12-13H2,1H3/t16-,17-/m0/s1. The first-order chi connectivity index (χ1) is 9.25. The Morgan fingerprint density at radius 2 is 1.63 bits per heavy atom. The van der Waals surface area contributed by atoms with Gasteiger partial charge in [-0.15, -0.1) is 0 Å². The van der Waals surface area contributed by atoms with Crippen LogP contribution in [0, 0.1) is 0 Å². The second kappa shape index (κ2) is 5.16. The number of benzene rings is 2. The van der Waals surface area contributed by atoms with Crippen molar-refractivity contribution in [2.75, 3.05) is 6.61 Å². The van der Waals surface area contributed by atoms with Crippen molar-refractivity contribution in [2.24, 2.45) is 0 Å². The van der Waals surface area contributed by atoms with Gasteiger partial charge in [-0.2, -0.15) is 0 Å². The highest BCUT2D eigenvalue weighted by Crippen LogP contribution is 2.35. The molecule has 0 bridgehead atoms. The Morgan fingerprint density at radius 3 is 2.32 bits per heavy atom. The van der Waals surface area contributed by atoms with Gasteiger partial charge in [0.25, 0.3) is 0 Å². The summed E-state index contributed by atoms with van der Waals surface area (Å²) < 4.78 is 12.0. The molecule has 0 N–H and O–H groups in total. The molecule has 0 aliphatic carbocycles. The van der Waals surface area contributed by atoms with Crippen LogP contribution in [0.4, 0.5) is 0 Å². The monoisotopic (exact) mass is 254 g/mol. The molecule has 1 fully saturated rings. The minimum Gasteiger partial charge on any atom is -0.347 e. The predicted octanol–water partition coefficient (Wildman–Crippen LogP) is 3.73. The Labute approximate surface area is 114 Å². The molecule has 19 heavy (non-hydrogen) atoms. The first-order valence-corrected chi connectivity index (χ1v) is 6.66. The highest BCUT2D eigenvalue weighted by atomic mass is 16.7. The molecular formula is C17H18O2. The molecule has 2 nitrogen and oxygen atoms in total. The zero-order valence-electron chi connectivity index (χ0n) is 11.1. The van der Waals surface area contributed by atoms with Crippen LogP contribution in [0.3, 0.4) is 0 Å². The molecule has 0 radical (unpaired) electrons. The predicted molar refractivity (Wildman–Crippen MR) is 74.8 cm³/mol. The lowest BCUT2D eigenvalue weighted by Gasteiger charge is -2.23. The smallest absolute Gasteiger partial charge is 0.170 e. The molecule has 0 unspecified atom stereocenters. The molecule has 0 saturated carbocycles.